The summed E-state index contributed by atoms with van der Waals surface area (Å²) in [7, 11) is 1.47. The highest BCUT2D eigenvalue weighted by atomic mass is 19.1. The van der Waals surface area contributed by atoms with E-state index in [0.717, 1.165) is 39.9 Å². The lowest BCUT2D eigenvalue weighted by atomic mass is 9.94. The van der Waals surface area contributed by atoms with Gasteiger partial charge in [-0.15, -0.1) is 0 Å². The summed E-state index contributed by atoms with van der Waals surface area (Å²) in [5.41, 5.74) is 5.39. The second-order valence-electron chi connectivity index (χ2n) is 6.54. The predicted octanol–water partition coefficient (Wildman–Crippen LogP) is 5.39. The highest BCUT2D eigenvalue weighted by molar-refractivity contribution is 5.89. The number of allylic oxidation sites excluding steroid dienone is 1. The maximum atomic E-state index is 13.4. The third-order valence-corrected chi connectivity index (χ3v) is 4.86. The van der Waals surface area contributed by atoms with E-state index in [1.54, 1.807) is 24.3 Å². The maximum absolute atomic E-state index is 13.4. The summed E-state index contributed by atoms with van der Waals surface area (Å²) in [6.45, 7) is 0. The monoisotopic (exact) mass is 374 g/mol. The lowest BCUT2D eigenvalue weighted by Crippen LogP contribution is -2.01. The Morgan fingerprint density at radius 1 is 1.00 bits per heavy atom. The molecule has 0 bridgehead atoms. The van der Waals surface area contributed by atoms with E-state index < -0.39 is 0 Å². The first-order chi connectivity index (χ1) is 13.6. The molecule has 1 aliphatic rings. The van der Waals surface area contributed by atoms with Crippen LogP contribution >= 0.6 is 0 Å². The third kappa shape index (κ3) is 3.14. The second-order valence-corrected chi connectivity index (χ2v) is 6.54. The van der Waals surface area contributed by atoms with Gasteiger partial charge in [-0.3, -0.25) is 0 Å². The number of fused-ring (bicyclic) bond motifs is 1. The van der Waals surface area contributed by atoms with Crippen molar-refractivity contribution in [2.75, 3.05) is 7.11 Å². The Bertz CT molecular complexity index is 1110. The molecule has 28 heavy (non-hydrogen) atoms. The zero-order valence-electron chi connectivity index (χ0n) is 15.2. The topological polar surface area (TPSA) is 45.9 Å². The van der Waals surface area contributed by atoms with Crippen molar-refractivity contribution in [3.05, 3.63) is 82.5 Å². The quantitative estimate of drug-likeness (QED) is 0.617. The van der Waals surface area contributed by atoms with Crippen LogP contribution in [0.4, 0.5) is 8.78 Å². The van der Waals surface area contributed by atoms with Crippen LogP contribution in [0.5, 0.6) is 5.88 Å². The number of methoxy groups -OCH3 is 1. The molecule has 138 valence electrons. The largest absolute Gasteiger partial charge is 0.480 e. The molecule has 0 radical (unpaired) electrons. The number of pyridine rings is 1. The van der Waals surface area contributed by atoms with Gasteiger partial charge in [-0.2, -0.15) is 5.26 Å². The van der Waals surface area contributed by atoms with Gasteiger partial charge in [-0.05, 0) is 65.4 Å². The molecular formula is C23H16F2N2O. The summed E-state index contributed by atoms with van der Waals surface area (Å²) in [5, 5.41) is 9.71. The van der Waals surface area contributed by atoms with E-state index in [0.29, 0.717) is 12.0 Å². The minimum atomic E-state index is -0.336. The number of hydrogen-bond acceptors (Lipinski definition) is 3. The number of hydrogen-bond donors (Lipinski definition) is 0. The molecule has 0 saturated carbocycles. The highest BCUT2D eigenvalue weighted by Gasteiger charge is 2.27. The average Bonchev–Trinajstić information content (AvgIpc) is 3.11. The van der Waals surface area contributed by atoms with Crippen molar-refractivity contribution in [3.8, 4) is 23.1 Å². The van der Waals surface area contributed by atoms with Gasteiger partial charge in [0.25, 0.3) is 0 Å². The molecule has 0 N–H and O–H groups in total. The van der Waals surface area contributed by atoms with Gasteiger partial charge in [0.2, 0.25) is 5.88 Å². The van der Waals surface area contributed by atoms with E-state index in [1.165, 1.54) is 31.4 Å². The van der Waals surface area contributed by atoms with Crippen molar-refractivity contribution in [1.29, 1.82) is 5.26 Å². The van der Waals surface area contributed by atoms with E-state index >= 15 is 0 Å². The number of ether oxygens (including phenoxy) is 1. The molecule has 0 fully saturated rings. The molecule has 0 unspecified atom stereocenters. The zero-order valence-corrected chi connectivity index (χ0v) is 15.2. The van der Waals surface area contributed by atoms with Crippen LogP contribution in [-0.2, 0) is 6.42 Å². The molecule has 3 nitrogen and oxygen atoms in total. The van der Waals surface area contributed by atoms with Crippen molar-refractivity contribution >= 4 is 11.6 Å². The lowest BCUT2D eigenvalue weighted by molar-refractivity contribution is 0.396. The summed E-state index contributed by atoms with van der Waals surface area (Å²) >= 11 is 0. The third-order valence-electron chi connectivity index (χ3n) is 4.86. The molecule has 0 spiro atoms. The second kappa shape index (κ2) is 7.24. The van der Waals surface area contributed by atoms with E-state index in [-0.39, 0.29) is 17.5 Å². The summed E-state index contributed by atoms with van der Waals surface area (Å²) < 4.78 is 32.0. The van der Waals surface area contributed by atoms with E-state index in [9.17, 15) is 14.0 Å². The van der Waals surface area contributed by atoms with Crippen LogP contribution < -0.4 is 4.74 Å². The highest BCUT2D eigenvalue weighted by Crippen LogP contribution is 2.42. The fourth-order valence-electron chi connectivity index (χ4n) is 3.58. The number of nitriles is 1. The van der Waals surface area contributed by atoms with Gasteiger partial charge in [-0.1, -0.05) is 24.3 Å². The Labute approximate surface area is 161 Å². The Morgan fingerprint density at radius 3 is 2.25 bits per heavy atom. The summed E-state index contributed by atoms with van der Waals surface area (Å²) in [6.07, 6.45) is 3.42. The van der Waals surface area contributed by atoms with Crippen LogP contribution in [0.3, 0.4) is 0 Å². The molecule has 4 rings (SSSR count). The molecule has 0 aliphatic heterocycles. The minimum Gasteiger partial charge on any atom is -0.480 e. The lowest BCUT2D eigenvalue weighted by Gasteiger charge is -2.14. The van der Waals surface area contributed by atoms with E-state index in [4.69, 9.17) is 4.74 Å². The predicted molar refractivity (Wildman–Crippen MR) is 103 cm³/mol. The fourth-order valence-corrected chi connectivity index (χ4v) is 3.58. The van der Waals surface area contributed by atoms with Gasteiger partial charge in [0.15, 0.2) is 0 Å². The number of aromatic nitrogens is 1. The average molecular weight is 374 g/mol. The first-order valence-corrected chi connectivity index (χ1v) is 8.84. The normalized spacial score (nSPS) is 14.0. The van der Waals surface area contributed by atoms with Crippen molar-refractivity contribution in [2.24, 2.45) is 0 Å². The molecule has 0 saturated heterocycles. The molecule has 1 aromatic heterocycles. The first kappa shape index (κ1) is 17.9. The summed E-state index contributed by atoms with van der Waals surface area (Å²) in [6, 6.07) is 14.5. The van der Waals surface area contributed by atoms with Crippen LogP contribution in [0.25, 0.3) is 22.8 Å². The SMILES string of the molecule is COc1nc2c(c(-c3ccc(F)cc3)c1C#N)CCC2=Cc1ccc(F)cc1. The van der Waals surface area contributed by atoms with Crippen LogP contribution in [0.15, 0.2) is 48.5 Å². The molecule has 1 heterocycles. The molecule has 0 amide bonds. The molecular weight excluding hydrogens is 358 g/mol. The molecule has 3 aromatic rings. The molecule has 1 aliphatic carbocycles. The first-order valence-electron chi connectivity index (χ1n) is 8.84. The number of rotatable bonds is 3. The maximum Gasteiger partial charge on any atom is 0.232 e. The van der Waals surface area contributed by atoms with Gasteiger partial charge >= 0.3 is 0 Å². The Balaban J connectivity index is 1.91. The molecule has 2 aromatic carbocycles. The number of benzene rings is 2. The smallest absolute Gasteiger partial charge is 0.232 e. The minimum absolute atomic E-state index is 0.243. The van der Waals surface area contributed by atoms with Gasteiger partial charge in [0.05, 0.1) is 12.8 Å². The summed E-state index contributed by atoms with van der Waals surface area (Å²) in [5.74, 6) is -0.379. The van der Waals surface area contributed by atoms with Crippen molar-refractivity contribution in [2.45, 2.75) is 12.8 Å². The molecule has 0 atom stereocenters. The van der Waals surface area contributed by atoms with E-state index in [1.807, 2.05) is 6.08 Å². The summed E-state index contributed by atoms with van der Waals surface area (Å²) in [4.78, 5) is 4.58. The zero-order chi connectivity index (χ0) is 19.7. The Kier molecular flexibility index (Phi) is 4.62. The van der Waals surface area contributed by atoms with Crippen LogP contribution in [0.2, 0.25) is 0 Å². The van der Waals surface area contributed by atoms with Crippen LogP contribution in [0.1, 0.15) is 28.8 Å². The Morgan fingerprint density at radius 2 is 1.64 bits per heavy atom. The van der Waals surface area contributed by atoms with Gasteiger partial charge in [0, 0.05) is 5.56 Å². The van der Waals surface area contributed by atoms with Crippen LogP contribution in [0, 0.1) is 23.0 Å². The Hall–Kier alpha value is -3.52. The number of nitrogens with zero attached hydrogens (tertiary/aromatic N) is 2. The van der Waals surface area contributed by atoms with Crippen molar-refractivity contribution in [1.82, 2.24) is 4.98 Å². The number of halogens is 2. The van der Waals surface area contributed by atoms with Crippen LogP contribution in [-0.4, -0.2) is 12.1 Å². The van der Waals surface area contributed by atoms with Crippen molar-refractivity contribution in [3.63, 3.8) is 0 Å². The van der Waals surface area contributed by atoms with Gasteiger partial charge < -0.3 is 4.74 Å². The van der Waals surface area contributed by atoms with Crippen molar-refractivity contribution < 1.29 is 13.5 Å². The standard InChI is InChI=1S/C23H16F2N2O/c1-28-23-20(13-26)21(15-4-9-18(25)10-5-15)19-11-6-16(22(19)27-23)12-14-2-7-17(24)8-3-14/h2-5,7-10,12H,6,11H2,1H3. The molecule has 5 heteroatoms. The van der Waals surface area contributed by atoms with Gasteiger partial charge in [-0.25, -0.2) is 13.8 Å². The fraction of sp³-hybridized carbons (Fsp3) is 0.130. The van der Waals surface area contributed by atoms with Gasteiger partial charge in [0.1, 0.15) is 23.3 Å². The van der Waals surface area contributed by atoms with E-state index in [2.05, 4.69) is 11.1 Å².